The van der Waals surface area contributed by atoms with Crippen LogP contribution in [-0.4, -0.2) is 39.7 Å². The second kappa shape index (κ2) is 13.4. The van der Waals surface area contributed by atoms with Crippen LogP contribution in [0.25, 0.3) is 0 Å². The first kappa shape index (κ1) is 29.0. The number of thioether (sulfide) groups is 1. The number of nitrogens with zero attached hydrogens (tertiary/aromatic N) is 3. The monoisotopic (exact) mass is 614 g/mol. The normalized spacial score (nSPS) is 14.6. The molecule has 8 nitrogen and oxygen atoms in total. The first-order valence-corrected chi connectivity index (χ1v) is 15.0. The number of anilines is 1. The minimum Gasteiger partial charge on any atom is -0.490 e. The van der Waals surface area contributed by atoms with Crippen LogP contribution in [0, 0.1) is 6.92 Å². The molecule has 0 saturated carbocycles. The van der Waals surface area contributed by atoms with E-state index in [4.69, 9.17) is 19.3 Å². The lowest BCUT2D eigenvalue weighted by Gasteiger charge is -2.29. The van der Waals surface area contributed by atoms with Crippen LogP contribution >= 0.6 is 27.7 Å². The topological polar surface area (TPSA) is 87.5 Å². The zero-order valence-corrected chi connectivity index (χ0v) is 25.4. The molecule has 3 aromatic rings. The van der Waals surface area contributed by atoms with Crippen molar-refractivity contribution in [3.63, 3.8) is 0 Å². The Morgan fingerprint density at radius 2 is 1.95 bits per heavy atom. The molecule has 1 atom stereocenters. The van der Waals surface area contributed by atoms with E-state index in [1.54, 1.807) is 16.4 Å². The van der Waals surface area contributed by atoms with Gasteiger partial charge >= 0.3 is 5.97 Å². The fraction of sp³-hybridized carbons (Fsp3) is 0.414. The number of allylic oxidation sites excluding steroid dienone is 1. The van der Waals surface area contributed by atoms with E-state index in [0.717, 1.165) is 34.2 Å². The average molecular weight is 616 g/mol. The fourth-order valence-corrected chi connectivity index (χ4v) is 5.59. The highest BCUT2D eigenvalue weighted by Gasteiger charge is 2.36. The van der Waals surface area contributed by atoms with Gasteiger partial charge in [-0.3, -0.25) is 0 Å². The van der Waals surface area contributed by atoms with Crippen molar-refractivity contribution < 1.29 is 19.0 Å². The van der Waals surface area contributed by atoms with Gasteiger partial charge in [-0.15, -0.1) is 5.10 Å². The maximum atomic E-state index is 13.3. The Kier molecular flexibility index (Phi) is 9.96. The number of fused-ring (bicyclic) bond motifs is 1. The van der Waals surface area contributed by atoms with Crippen LogP contribution in [0.3, 0.4) is 0 Å². The molecule has 0 radical (unpaired) electrons. The Morgan fingerprint density at radius 1 is 1.13 bits per heavy atom. The Morgan fingerprint density at radius 3 is 2.67 bits per heavy atom. The number of hydrogen-bond donors (Lipinski definition) is 1. The maximum Gasteiger partial charge on any atom is 0.338 e. The third kappa shape index (κ3) is 6.78. The van der Waals surface area contributed by atoms with Gasteiger partial charge in [0, 0.05) is 11.4 Å². The lowest BCUT2D eigenvalue weighted by atomic mass is 9.95. The number of benzene rings is 2. The number of esters is 1. The summed E-state index contributed by atoms with van der Waals surface area (Å²) < 4.78 is 20.4. The van der Waals surface area contributed by atoms with E-state index in [1.165, 1.54) is 5.56 Å². The minimum atomic E-state index is -0.560. The molecular formula is C29H35BrN4O4S. The average Bonchev–Trinajstić information content (AvgIpc) is 3.31. The molecule has 1 aromatic heterocycles. The molecule has 0 fully saturated rings. The highest BCUT2D eigenvalue weighted by molar-refractivity contribution is 9.10. The van der Waals surface area contributed by atoms with E-state index in [1.807, 2.05) is 45.0 Å². The molecule has 0 bridgehead atoms. The molecule has 39 heavy (non-hydrogen) atoms. The van der Waals surface area contributed by atoms with Gasteiger partial charge in [0.2, 0.25) is 11.1 Å². The number of hydrogen-bond acceptors (Lipinski definition) is 8. The van der Waals surface area contributed by atoms with Gasteiger partial charge in [-0.1, -0.05) is 55.4 Å². The molecule has 4 rings (SSSR count). The van der Waals surface area contributed by atoms with Crippen molar-refractivity contribution in [1.29, 1.82) is 0 Å². The summed E-state index contributed by atoms with van der Waals surface area (Å²) in [5.41, 5.74) is 4.20. The van der Waals surface area contributed by atoms with Gasteiger partial charge in [0.05, 0.1) is 23.3 Å². The van der Waals surface area contributed by atoms with Crippen LogP contribution < -0.4 is 14.8 Å². The Hall–Kier alpha value is -2.98. The number of ether oxygens (including phenoxy) is 3. The highest BCUT2D eigenvalue weighted by atomic mass is 79.9. The zero-order valence-electron chi connectivity index (χ0n) is 23.0. The standard InChI is InChI=1S/C29H35BrN4O4S/c1-6-12-37-27(35)24-19(5)31-28-32-29(39-13-7-2)33-34(28)25(24)21-15-22(30)26(23(16-21)36-8-3)38-17-20-11-9-10-18(4)14-20/h9-11,14-16,25H,6-8,12-13,17H2,1-5H3,(H,31,32,33). The molecule has 10 heteroatoms. The molecule has 2 aromatic carbocycles. The number of carbonyl (C=O) groups is 1. The lowest BCUT2D eigenvalue weighted by Crippen LogP contribution is -2.30. The Bertz CT molecular complexity index is 1360. The number of rotatable bonds is 12. The molecule has 1 aliphatic heterocycles. The van der Waals surface area contributed by atoms with Gasteiger partial charge in [0.1, 0.15) is 12.6 Å². The summed E-state index contributed by atoms with van der Waals surface area (Å²) in [7, 11) is 0. The molecule has 0 spiro atoms. The fourth-order valence-electron chi connectivity index (χ4n) is 4.34. The van der Waals surface area contributed by atoms with Gasteiger partial charge in [0.15, 0.2) is 11.5 Å². The summed E-state index contributed by atoms with van der Waals surface area (Å²) in [5, 5.41) is 8.70. The van der Waals surface area contributed by atoms with E-state index in [0.29, 0.717) is 53.7 Å². The number of halogens is 1. The summed E-state index contributed by atoms with van der Waals surface area (Å²) in [6, 6.07) is 11.5. The van der Waals surface area contributed by atoms with Crippen molar-refractivity contribution >= 4 is 39.6 Å². The van der Waals surface area contributed by atoms with E-state index in [2.05, 4.69) is 52.2 Å². The van der Waals surface area contributed by atoms with Crippen molar-refractivity contribution in [1.82, 2.24) is 14.8 Å². The van der Waals surface area contributed by atoms with Crippen molar-refractivity contribution in [2.75, 3.05) is 24.3 Å². The van der Waals surface area contributed by atoms with Crippen LogP contribution in [0.1, 0.15) is 63.3 Å². The first-order valence-electron chi connectivity index (χ1n) is 13.2. The van der Waals surface area contributed by atoms with E-state index < -0.39 is 6.04 Å². The van der Waals surface area contributed by atoms with E-state index in [9.17, 15) is 4.79 Å². The SMILES string of the molecule is CCCOC(=O)C1=C(C)Nc2nc(SCCC)nn2C1c1cc(Br)c(OCc2cccc(C)c2)c(OCC)c1. The summed E-state index contributed by atoms with van der Waals surface area (Å²) in [6.07, 6.45) is 1.74. The predicted molar refractivity (Wildman–Crippen MR) is 158 cm³/mol. The number of aromatic nitrogens is 3. The van der Waals surface area contributed by atoms with E-state index in [-0.39, 0.29) is 5.97 Å². The van der Waals surface area contributed by atoms with Crippen LogP contribution in [0.2, 0.25) is 0 Å². The third-order valence-electron chi connectivity index (χ3n) is 6.04. The quantitative estimate of drug-likeness (QED) is 0.171. The molecule has 0 saturated heterocycles. The number of aryl methyl sites for hydroxylation is 1. The molecular weight excluding hydrogens is 580 g/mol. The van der Waals surface area contributed by atoms with Gasteiger partial charge in [-0.25, -0.2) is 9.48 Å². The summed E-state index contributed by atoms with van der Waals surface area (Å²) in [4.78, 5) is 18.0. The van der Waals surface area contributed by atoms with Gasteiger partial charge in [-0.2, -0.15) is 4.98 Å². The highest BCUT2D eigenvalue weighted by Crippen LogP contribution is 2.43. The van der Waals surface area contributed by atoms with Crippen LogP contribution in [0.5, 0.6) is 11.5 Å². The van der Waals surface area contributed by atoms with Gasteiger partial charge in [-0.05, 0) is 72.8 Å². The number of carbonyl (C=O) groups excluding carboxylic acids is 1. The smallest absolute Gasteiger partial charge is 0.338 e. The first-order chi connectivity index (χ1) is 18.9. The largest absolute Gasteiger partial charge is 0.490 e. The second-order valence-corrected chi connectivity index (χ2v) is 11.2. The van der Waals surface area contributed by atoms with Crippen LogP contribution in [0.4, 0.5) is 5.95 Å². The van der Waals surface area contributed by atoms with Gasteiger partial charge < -0.3 is 19.5 Å². The summed E-state index contributed by atoms with van der Waals surface area (Å²) >= 11 is 5.30. The third-order valence-corrected chi connectivity index (χ3v) is 7.67. The molecule has 1 aliphatic rings. The Balaban J connectivity index is 1.77. The van der Waals surface area contributed by atoms with Crippen LogP contribution in [-0.2, 0) is 16.1 Å². The second-order valence-electron chi connectivity index (χ2n) is 9.25. The molecule has 208 valence electrons. The zero-order chi connectivity index (χ0) is 27.9. The van der Waals surface area contributed by atoms with Crippen molar-refractivity contribution in [3.8, 4) is 11.5 Å². The molecule has 0 aliphatic carbocycles. The summed E-state index contributed by atoms with van der Waals surface area (Å²) in [5.74, 6) is 2.28. The number of nitrogens with one attached hydrogen (secondary N) is 1. The van der Waals surface area contributed by atoms with Crippen molar-refractivity contribution in [2.45, 2.75) is 65.3 Å². The molecule has 1 N–H and O–H groups in total. The van der Waals surface area contributed by atoms with Gasteiger partial charge in [0.25, 0.3) is 0 Å². The van der Waals surface area contributed by atoms with Crippen molar-refractivity contribution in [2.24, 2.45) is 0 Å². The Labute approximate surface area is 242 Å². The minimum absolute atomic E-state index is 0.337. The van der Waals surface area contributed by atoms with E-state index >= 15 is 0 Å². The lowest BCUT2D eigenvalue weighted by molar-refractivity contribution is -0.139. The molecule has 0 amide bonds. The summed E-state index contributed by atoms with van der Waals surface area (Å²) in [6.45, 7) is 11.1. The molecule has 2 heterocycles. The maximum absolute atomic E-state index is 13.3. The molecule has 1 unspecified atom stereocenters. The van der Waals surface area contributed by atoms with Crippen LogP contribution in [0.15, 0.2) is 57.3 Å². The predicted octanol–water partition coefficient (Wildman–Crippen LogP) is 7.07. The van der Waals surface area contributed by atoms with Crippen molar-refractivity contribution in [3.05, 3.63) is 68.8 Å².